The van der Waals surface area contributed by atoms with Crippen molar-refractivity contribution in [2.45, 2.75) is 24.0 Å². The summed E-state index contributed by atoms with van der Waals surface area (Å²) in [5.74, 6) is 0.821. The van der Waals surface area contributed by atoms with Gasteiger partial charge in [0.05, 0.1) is 4.88 Å². The molecule has 2 heterocycles. The van der Waals surface area contributed by atoms with Gasteiger partial charge in [-0.2, -0.15) is 0 Å². The van der Waals surface area contributed by atoms with E-state index in [2.05, 4.69) is 12.2 Å². The van der Waals surface area contributed by atoms with Crippen molar-refractivity contribution in [3.8, 4) is 10.4 Å². The summed E-state index contributed by atoms with van der Waals surface area (Å²) in [6.07, 6.45) is 0.993. The molecule has 4 rings (SSSR count). The summed E-state index contributed by atoms with van der Waals surface area (Å²) in [6.45, 7) is 2.12. The molecule has 0 aliphatic carbocycles. The Kier molecular flexibility index (Phi) is 4.59. The number of hydrogen-bond donors (Lipinski definition) is 1. The van der Waals surface area contributed by atoms with Gasteiger partial charge in [-0.05, 0) is 47.9 Å². The molecule has 1 N–H and O–H groups in total. The number of anilines is 1. The highest BCUT2D eigenvalue weighted by Gasteiger charge is 2.22. The van der Waals surface area contributed by atoms with Gasteiger partial charge in [0.25, 0.3) is 5.91 Å². The fourth-order valence-electron chi connectivity index (χ4n) is 2.85. The maximum Gasteiger partial charge on any atom is 0.265 e. The first-order valence-corrected chi connectivity index (χ1v) is 10.3. The number of amides is 1. The lowest BCUT2D eigenvalue weighted by atomic mass is 10.1. The van der Waals surface area contributed by atoms with E-state index in [1.54, 1.807) is 23.1 Å². The molecule has 2 aromatic carbocycles. The minimum atomic E-state index is -0.0517. The Morgan fingerprint density at radius 1 is 1.16 bits per heavy atom. The maximum atomic E-state index is 12.6. The molecular formula is C20H16ClNOS2. The molecule has 0 fully saturated rings. The van der Waals surface area contributed by atoms with E-state index in [9.17, 15) is 4.79 Å². The Bertz CT molecular complexity index is 947. The van der Waals surface area contributed by atoms with Gasteiger partial charge in [0.15, 0.2) is 0 Å². The fraction of sp³-hybridized carbons (Fsp3) is 0.150. The number of fused-ring (bicyclic) bond motifs is 3. The van der Waals surface area contributed by atoms with Crippen molar-refractivity contribution < 1.29 is 4.79 Å². The topological polar surface area (TPSA) is 29.1 Å². The lowest BCUT2D eigenvalue weighted by Crippen LogP contribution is -2.10. The third-order valence-electron chi connectivity index (χ3n) is 4.22. The van der Waals surface area contributed by atoms with Gasteiger partial charge >= 0.3 is 0 Å². The predicted molar refractivity (Wildman–Crippen MR) is 108 cm³/mol. The van der Waals surface area contributed by atoms with Crippen LogP contribution in [0, 0.1) is 0 Å². The summed E-state index contributed by atoms with van der Waals surface area (Å²) in [4.78, 5) is 15.7. The van der Waals surface area contributed by atoms with Gasteiger partial charge in [-0.25, -0.2) is 0 Å². The van der Waals surface area contributed by atoms with Crippen LogP contribution in [0.15, 0.2) is 53.4 Å². The Labute approximate surface area is 160 Å². The lowest BCUT2D eigenvalue weighted by molar-refractivity contribution is 0.103. The van der Waals surface area contributed by atoms with Gasteiger partial charge in [0.2, 0.25) is 0 Å². The lowest BCUT2D eigenvalue weighted by Gasteiger charge is -2.15. The second-order valence-corrected chi connectivity index (χ2v) is 8.40. The molecule has 1 aliphatic rings. The van der Waals surface area contributed by atoms with Gasteiger partial charge in [0, 0.05) is 31.8 Å². The molecule has 1 aromatic heterocycles. The van der Waals surface area contributed by atoms with Crippen molar-refractivity contribution in [3.05, 3.63) is 69.6 Å². The van der Waals surface area contributed by atoms with Gasteiger partial charge in [0.1, 0.15) is 0 Å². The number of hydrogen-bond acceptors (Lipinski definition) is 3. The quantitative estimate of drug-likeness (QED) is 0.558. The van der Waals surface area contributed by atoms with Crippen LogP contribution in [0.5, 0.6) is 0 Å². The Morgan fingerprint density at radius 2 is 1.96 bits per heavy atom. The summed E-state index contributed by atoms with van der Waals surface area (Å²) in [7, 11) is 0. The second-order valence-electron chi connectivity index (χ2n) is 5.90. The first-order chi connectivity index (χ1) is 12.1. The maximum absolute atomic E-state index is 12.6. The molecule has 1 amide bonds. The van der Waals surface area contributed by atoms with E-state index in [0.717, 1.165) is 27.8 Å². The number of thiophene rings is 1. The third kappa shape index (κ3) is 3.34. The van der Waals surface area contributed by atoms with E-state index in [1.807, 2.05) is 48.5 Å². The zero-order valence-corrected chi connectivity index (χ0v) is 16.0. The minimum Gasteiger partial charge on any atom is -0.321 e. The standard InChI is InChI=1S/C20H16ClNOS2/c1-2-12-3-6-15(7-4-12)22-20(23)18-9-13-11-24-17-10-14(21)5-8-16(17)19(13)25-18/h3-10H,2,11H2,1H3,(H,22,23). The summed E-state index contributed by atoms with van der Waals surface area (Å²) in [5, 5.41) is 3.75. The first-order valence-electron chi connectivity index (χ1n) is 8.10. The van der Waals surface area contributed by atoms with Crippen LogP contribution in [0.25, 0.3) is 10.4 Å². The van der Waals surface area contributed by atoms with Crippen LogP contribution in [-0.4, -0.2) is 5.91 Å². The Balaban J connectivity index is 1.60. The van der Waals surface area contributed by atoms with E-state index in [-0.39, 0.29) is 5.91 Å². The number of rotatable bonds is 3. The second kappa shape index (κ2) is 6.87. The summed E-state index contributed by atoms with van der Waals surface area (Å²) >= 11 is 9.42. The zero-order valence-electron chi connectivity index (χ0n) is 13.6. The van der Waals surface area contributed by atoms with Gasteiger partial charge in [-0.3, -0.25) is 4.79 Å². The van der Waals surface area contributed by atoms with Gasteiger partial charge in [-0.15, -0.1) is 23.1 Å². The summed E-state index contributed by atoms with van der Waals surface area (Å²) in [5.41, 5.74) is 4.48. The smallest absolute Gasteiger partial charge is 0.265 e. The molecule has 5 heteroatoms. The van der Waals surface area contributed by atoms with Crippen molar-refractivity contribution in [2.24, 2.45) is 0 Å². The van der Waals surface area contributed by atoms with E-state index < -0.39 is 0 Å². The number of benzene rings is 2. The summed E-state index contributed by atoms with van der Waals surface area (Å²) in [6, 6.07) is 16.0. The molecule has 0 bridgehead atoms. The molecule has 25 heavy (non-hydrogen) atoms. The van der Waals surface area contributed by atoms with Gasteiger partial charge in [-0.1, -0.05) is 36.7 Å². The summed E-state index contributed by atoms with van der Waals surface area (Å²) < 4.78 is 0. The highest BCUT2D eigenvalue weighted by Crippen LogP contribution is 2.46. The number of thioether (sulfide) groups is 1. The monoisotopic (exact) mass is 385 g/mol. The van der Waals surface area contributed by atoms with E-state index in [0.29, 0.717) is 0 Å². The molecule has 0 atom stereocenters. The van der Waals surface area contributed by atoms with E-state index in [4.69, 9.17) is 11.6 Å². The molecule has 126 valence electrons. The van der Waals surface area contributed by atoms with Crippen molar-refractivity contribution in [1.29, 1.82) is 0 Å². The number of halogens is 1. The van der Waals surface area contributed by atoms with Crippen LogP contribution in [0.4, 0.5) is 5.69 Å². The highest BCUT2D eigenvalue weighted by molar-refractivity contribution is 7.98. The number of carbonyl (C=O) groups excluding carboxylic acids is 1. The molecular weight excluding hydrogens is 370 g/mol. The van der Waals surface area contributed by atoms with E-state index >= 15 is 0 Å². The molecule has 0 saturated heterocycles. The predicted octanol–water partition coefficient (Wildman–Crippen LogP) is 6.49. The van der Waals surface area contributed by atoms with Crippen molar-refractivity contribution in [3.63, 3.8) is 0 Å². The van der Waals surface area contributed by atoms with Crippen LogP contribution >= 0.6 is 34.7 Å². The fourth-order valence-corrected chi connectivity index (χ4v) is 5.43. The van der Waals surface area contributed by atoms with Crippen LogP contribution in [0.1, 0.15) is 27.7 Å². The van der Waals surface area contributed by atoms with E-state index in [1.165, 1.54) is 26.5 Å². The van der Waals surface area contributed by atoms with Crippen LogP contribution < -0.4 is 5.32 Å². The molecule has 0 radical (unpaired) electrons. The normalized spacial score (nSPS) is 12.4. The van der Waals surface area contributed by atoms with Crippen molar-refractivity contribution in [2.75, 3.05) is 5.32 Å². The van der Waals surface area contributed by atoms with Crippen molar-refractivity contribution >= 4 is 46.3 Å². The largest absolute Gasteiger partial charge is 0.321 e. The van der Waals surface area contributed by atoms with Crippen LogP contribution in [0.3, 0.4) is 0 Å². The molecule has 0 spiro atoms. The molecule has 0 unspecified atom stereocenters. The van der Waals surface area contributed by atoms with Crippen LogP contribution in [-0.2, 0) is 12.2 Å². The third-order valence-corrected chi connectivity index (χ3v) is 6.77. The number of aryl methyl sites for hydroxylation is 1. The average Bonchev–Trinajstić information content (AvgIpc) is 3.07. The average molecular weight is 386 g/mol. The first kappa shape index (κ1) is 16.7. The molecule has 2 nitrogen and oxygen atoms in total. The zero-order chi connectivity index (χ0) is 17.4. The highest BCUT2D eigenvalue weighted by atomic mass is 35.5. The van der Waals surface area contributed by atoms with Gasteiger partial charge < -0.3 is 5.32 Å². The molecule has 3 aromatic rings. The SMILES string of the molecule is CCc1ccc(NC(=O)c2cc3c(s2)-c2ccc(Cl)cc2SC3)cc1. The molecule has 1 aliphatic heterocycles. The molecule has 0 saturated carbocycles. The Hall–Kier alpha value is -1.75. The van der Waals surface area contributed by atoms with Crippen molar-refractivity contribution in [1.82, 2.24) is 0 Å². The Morgan fingerprint density at radius 3 is 2.72 bits per heavy atom. The number of carbonyl (C=O) groups is 1. The number of nitrogens with one attached hydrogen (secondary N) is 1. The van der Waals surface area contributed by atoms with Crippen LogP contribution in [0.2, 0.25) is 5.02 Å². The minimum absolute atomic E-state index is 0.0517.